The minimum absolute atomic E-state index is 0.0244. The summed E-state index contributed by atoms with van der Waals surface area (Å²) in [6, 6.07) is 10.0. The maximum absolute atomic E-state index is 11.2. The number of ether oxygens (including phenoxy) is 2. The second-order valence-corrected chi connectivity index (χ2v) is 7.21. The summed E-state index contributed by atoms with van der Waals surface area (Å²) in [6.07, 6.45) is 2.11. The molecule has 0 radical (unpaired) electrons. The van der Waals surface area contributed by atoms with Gasteiger partial charge in [0.25, 0.3) is 0 Å². The second-order valence-electron chi connectivity index (χ2n) is 7.21. The molecule has 0 amide bonds. The maximum atomic E-state index is 11.2. The molecule has 4 heteroatoms. The van der Waals surface area contributed by atoms with E-state index in [1.165, 1.54) is 0 Å². The largest absolute Gasteiger partial charge is 0.481 e. The van der Waals surface area contributed by atoms with Gasteiger partial charge in [0.15, 0.2) is 0 Å². The van der Waals surface area contributed by atoms with Gasteiger partial charge in [-0.15, -0.1) is 0 Å². The highest BCUT2D eigenvalue weighted by molar-refractivity contribution is 5.67. The molecule has 0 aliphatic heterocycles. The van der Waals surface area contributed by atoms with Crippen molar-refractivity contribution in [2.75, 3.05) is 13.7 Å². The Balaban J connectivity index is 2.02. The molecule has 0 unspecified atom stereocenters. The number of rotatable bonds is 7. The Kier molecular flexibility index (Phi) is 6.19. The third-order valence-corrected chi connectivity index (χ3v) is 5.04. The molecule has 128 valence electrons. The van der Waals surface area contributed by atoms with E-state index in [0.29, 0.717) is 13.2 Å². The predicted molar refractivity (Wildman–Crippen MR) is 89.1 cm³/mol. The van der Waals surface area contributed by atoms with E-state index in [2.05, 4.69) is 13.8 Å². The zero-order valence-corrected chi connectivity index (χ0v) is 14.3. The Hall–Kier alpha value is -1.39. The first-order chi connectivity index (χ1) is 10.9. The number of carboxylic acid groups (broad SMARTS) is 1. The standard InChI is InChI=1S/C19H28O4/c1-19(2)10-9-15(11-17(20)21)16(18(19)22-3)13-23-12-14-7-5-4-6-8-14/h4-8,15-16,18H,9-13H2,1-3H3,(H,20,21)/t15-,16+,18-/m1/s1. The summed E-state index contributed by atoms with van der Waals surface area (Å²) in [5.74, 6) is -0.512. The van der Waals surface area contributed by atoms with Gasteiger partial charge in [0, 0.05) is 19.4 Å². The van der Waals surface area contributed by atoms with E-state index in [1.807, 2.05) is 30.3 Å². The fraction of sp³-hybridized carbons (Fsp3) is 0.632. The fourth-order valence-corrected chi connectivity index (χ4v) is 3.82. The molecule has 1 aromatic carbocycles. The van der Waals surface area contributed by atoms with Gasteiger partial charge in [-0.25, -0.2) is 0 Å². The number of benzene rings is 1. The minimum Gasteiger partial charge on any atom is -0.481 e. The molecule has 0 spiro atoms. The van der Waals surface area contributed by atoms with E-state index in [9.17, 15) is 9.90 Å². The first kappa shape index (κ1) is 18.0. The summed E-state index contributed by atoms with van der Waals surface area (Å²) < 4.78 is 11.7. The Bertz CT molecular complexity index is 497. The van der Waals surface area contributed by atoms with Gasteiger partial charge >= 0.3 is 5.97 Å². The van der Waals surface area contributed by atoms with Crippen LogP contribution in [0.2, 0.25) is 0 Å². The topological polar surface area (TPSA) is 55.8 Å². The van der Waals surface area contributed by atoms with Crippen LogP contribution in [-0.4, -0.2) is 30.9 Å². The zero-order chi connectivity index (χ0) is 16.9. The molecule has 0 bridgehead atoms. The van der Waals surface area contributed by atoms with Crippen molar-refractivity contribution in [1.29, 1.82) is 0 Å². The Labute approximate surface area is 138 Å². The lowest BCUT2D eigenvalue weighted by molar-refractivity contribution is -0.145. The fourth-order valence-electron chi connectivity index (χ4n) is 3.82. The van der Waals surface area contributed by atoms with Crippen LogP contribution in [0.15, 0.2) is 30.3 Å². The van der Waals surface area contributed by atoms with Gasteiger partial charge in [0.1, 0.15) is 0 Å². The monoisotopic (exact) mass is 320 g/mol. The van der Waals surface area contributed by atoms with Crippen molar-refractivity contribution in [3.8, 4) is 0 Å². The number of aliphatic carboxylic acids is 1. The lowest BCUT2D eigenvalue weighted by Crippen LogP contribution is -2.47. The molecule has 0 heterocycles. The highest BCUT2D eigenvalue weighted by Gasteiger charge is 2.44. The van der Waals surface area contributed by atoms with Gasteiger partial charge in [0.05, 0.1) is 19.3 Å². The first-order valence-electron chi connectivity index (χ1n) is 8.30. The minimum atomic E-state index is -0.738. The summed E-state index contributed by atoms with van der Waals surface area (Å²) in [7, 11) is 1.72. The third kappa shape index (κ3) is 4.79. The van der Waals surface area contributed by atoms with Crippen molar-refractivity contribution in [2.24, 2.45) is 17.3 Å². The summed E-state index contributed by atoms with van der Waals surface area (Å²) in [6.45, 7) is 5.48. The Morgan fingerprint density at radius 3 is 2.61 bits per heavy atom. The van der Waals surface area contributed by atoms with E-state index in [4.69, 9.17) is 9.47 Å². The van der Waals surface area contributed by atoms with E-state index in [1.54, 1.807) is 7.11 Å². The molecule has 1 saturated carbocycles. The molecule has 1 aliphatic carbocycles. The molecule has 1 N–H and O–H groups in total. The smallest absolute Gasteiger partial charge is 0.303 e. The highest BCUT2D eigenvalue weighted by atomic mass is 16.5. The molecule has 1 fully saturated rings. The van der Waals surface area contributed by atoms with Crippen molar-refractivity contribution in [3.05, 3.63) is 35.9 Å². The lowest BCUT2D eigenvalue weighted by atomic mass is 9.64. The van der Waals surface area contributed by atoms with Crippen LogP contribution < -0.4 is 0 Å². The van der Waals surface area contributed by atoms with E-state index in [-0.39, 0.29) is 29.8 Å². The van der Waals surface area contributed by atoms with E-state index in [0.717, 1.165) is 18.4 Å². The molecule has 2 rings (SSSR count). The van der Waals surface area contributed by atoms with Gasteiger partial charge in [0.2, 0.25) is 0 Å². The quantitative estimate of drug-likeness (QED) is 0.831. The summed E-state index contributed by atoms with van der Waals surface area (Å²) in [4.78, 5) is 11.2. The molecule has 0 aromatic heterocycles. The van der Waals surface area contributed by atoms with Crippen molar-refractivity contribution < 1.29 is 19.4 Å². The number of methoxy groups -OCH3 is 1. The van der Waals surface area contributed by atoms with Crippen LogP contribution in [0, 0.1) is 17.3 Å². The maximum Gasteiger partial charge on any atom is 0.303 e. The number of carbonyl (C=O) groups is 1. The normalized spacial score (nSPS) is 26.8. The third-order valence-electron chi connectivity index (χ3n) is 5.04. The Morgan fingerprint density at radius 1 is 1.30 bits per heavy atom. The van der Waals surface area contributed by atoms with Crippen LogP contribution in [0.1, 0.15) is 38.7 Å². The second kappa shape index (κ2) is 7.93. The van der Waals surface area contributed by atoms with Crippen LogP contribution >= 0.6 is 0 Å². The number of hydrogen-bond acceptors (Lipinski definition) is 3. The number of hydrogen-bond donors (Lipinski definition) is 1. The SMILES string of the molecule is CO[C@@H]1[C@@H](COCc2ccccc2)[C@@H](CC(=O)O)CCC1(C)C. The van der Waals surface area contributed by atoms with Crippen molar-refractivity contribution in [2.45, 2.75) is 45.8 Å². The van der Waals surface area contributed by atoms with E-state index >= 15 is 0 Å². The average Bonchev–Trinajstić information content (AvgIpc) is 2.50. The van der Waals surface area contributed by atoms with Crippen LogP contribution in [0.5, 0.6) is 0 Å². The highest BCUT2D eigenvalue weighted by Crippen LogP contribution is 2.45. The summed E-state index contributed by atoms with van der Waals surface area (Å²) in [5.41, 5.74) is 1.18. The van der Waals surface area contributed by atoms with E-state index < -0.39 is 5.97 Å². The van der Waals surface area contributed by atoms with Crippen molar-refractivity contribution in [3.63, 3.8) is 0 Å². The molecule has 1 aromatic rings. The van der Waals surface area contributed by atoms with Crippen LogP contribution in [0.25, 0.3) is 0 Å². The summed E-state index contributed by atoms with van der Waals surface area (Å²) in [5, 5.41) is 9.19. The molecule has 0 saturated heterocycles. The van der Waals surface area contributed by atoms with Crippen LogP contribution in [-0.2, 0) is 20.9 Å². The molecular weight excluding hydrogens is 292 g/mol. The van der Waals surface area contributed by atoms with Crippen LogP contribution in [0.3, 0.4) is 0 Å². The molecular formula is C19H28O4. The molecule has 23 heavy (non-hydrogen) atoms. The van der Waals surface area contributed by atoms with Gasteiger partial charge in [-0.3, -0.25) is 4.79 Å². The van der Waals surface area contributed by atoms with Crippen molar-refractivity contribution in [1.82, 2.24) is 0 Å². The summed E-state index contributed by atoms with van der Waals surface area (Å²) >= 11 is 0. The molecule has 4 nitrogen and oxygen atoms in total. The molecule has 3 atom stereocenters. The Morgan fingerprint density at radius 2 is 2.00 bits per heavy atom. The van der Waals surface area contributed by atoms with Gasteiger partial charge in [-0.1, -0.05) is 44.2 Å². The predicted octanol–water partition coefficient (Wildman–Crippen LogP) is 3.75. The van der Waals surface area contributed by atoms with Gasteiger partial charge in [-0.2, -0.15) is 0 Å². The van der Waals surface area contributed by atoms with Crippen LogP contribution in [0.4, 0.5) is 0 Å². The number of carboxylic acids is 1. The van der Waals surface area contributed by atoms with Crippen molar-refractivity contribution >= 4 is 5.97 Å². The first-order valence-corrected chi connectivity index (χ1v) is 8.30. The lowest BCUT2D eigenvalue weighted by Gasteiger charge is -2.46. The molecule has 1 aliphatic rings. The zero-order valence-electron chi connectivity index (χ0n) is 14.3. The van der Waals surface area contributed by atoms with Gasteiger partial charge in [-0.05, 0) is 29.7 Å². The average molecular weight is 320 g/mol. The van der Waals surface area contributed by atoms with Gasteiger partial charge < -0.3 is 14.6 Å².